The molecule has 0 saturated heterocycles. The van der Waals surface area contributed by atoms with Crippen molar-refractivity contribution >= 4 is 11.6 Å². The van der Waals surface area contributed by atoms with Crippen LogP contribution in [0.1, 0.15) is 27.3 Å². The van der Waals surface area contributed by atoms with Crippen LogP contribution in [0.4, 0.5) is 5.69 Å². The van der Waals surface area contributed by atoms with Crippen molar-refractivity contribution in [1.82, 2.24) is 20.1 Å². The molecule has 0 aliphatic rings. The topological polar surface area (TPSA) is 112 Å². The molecule has 0 radical (unpaired) electrons. The van der Waals surface area contributed by atoms with E-state index in [4.69, 9.17) is 4.74 Å². The van der Waals surface area contributed by atoms with Crippen molar-refractivity contribution in [3.05, 3.63) is 75.4 Å². The number of hydrogen-bond donors (Lipinski definition) is 1. The molecule has 3 aromatic rings. The summed E-state index contributed by atoms with van der Waals surface area (Å²) in [5.74, 6) is 0.406. The van der Waals surface area contributed by atoms with Crippen LogP contribution in [0.2, 0.25) is 0 Å². The van der Waals surface area contributed by atoms with Crippen LogP contribution in [0.15, 0.2) is 42.7 Å². The minimum absolute atomic E-state index is 0.00901. The lowest BCUT2D eigenvalue weighted by Gasteiger charge is -2.12. The Bertz CT molecular complexity index is 1030. The Hall–Kier alpha value is -3.75. The first-order valence-electron chi connectivity index (χ1n) is 8.48. The van der Waals surface area contributed by atoms with E-state index >= 15 is 0 Å². The fourth-order valence-electron chi connectivity index (χ4n) is 2.82. The standard InChI is InChI=1S/C19H19N5O4/c1-12-10-20-17(13(2)18(12)28-3)11-21-19(25)16-8-9-23(22-16)14-4-6-15(7-5-14)24(26)27/h4-10H,11H2,1-3H3,(H,21,25). The molecule has 144 valence electrons. The SMILES string of the molecule is COc1c(C)cnc(CNC(=O)c2ccn(-c3ccc([N+](=O)[O-])cc3)n2)c1C. The fraction of sp³-hybridized carbons (Fsp3) is 0.211. The van der Waals surface area contributed by atoms with E-state index in [1.807, 2.05) is 13.8 Å². The van der Waals surface area contributed by atoms with Crippen molar-refractivity contribution < 1.29 is 14.5 Å². The van der Waals surface area contributed by atoms with Gasteiger partial charge in [0.2, 0.25) is 0 Å². The first-order valence-corrected chi connectivity index (χ1v) is 8.48. The smallest absolute Gasteiger partial charge is 0.272 e. The van der Waals surface area contributed by atoms with Crippen molar-refractivity contribution in [2.45, 2.75) is 20.4 Å². The summed E-state index contributed by atoms with van der Waals surface area (Å²) >= 11 is 0. The number of carbonyl (C=O) groups excluding carboxylic acids is 1. The number of benzene rings is 1. The van der Waals surface area contributed by atoms with E-state index in [9.17, 15) is 14.9 Å². The highest BCUT2D eigenvalue weighted by Crippen LogP contribution is 2.23. The lowest BCUT2D eigenvalue weighted by molar-refractivity contribution is -0.384. The van der Waals surface area contributed by atoms with Gasteiger partial charge in [-0.25, -0.2) is 4.68 Å². The number of aromatic nitrogens is 3. The lowest BCUT2D eigenvalue weighted by atomic mass is 10.1. The highest BCUT2D eigenvalue weighted by molar-refractivity contribution is 5.92. The maximum atomic E-state index is 12.4. The Balaban J connectivity index is 1.70. The summed E-state index contributed by atoms with van der Waals surface area (Å²) in [6, 6.07) is 7.48. The second-order valence-corrected chi connectivity index (χ2v) is 6.15. The van der Waals surface area contributed by atoms with E-state index in [2.05, 4.69) is 15.4 Å². The van der Waals surface area contributed by atoms with Gasteiger partial charge in [0.05, 0.1) is 30.0 Å². The van der Waals surface area contributed by atoms with Crippen LogP contribution in [-0.4, -0.2) is 32.7 Å². The average molecular weight is 381 g/mol. The number of ether oxygens (including phenoxy) is 1. The summed E-state index contributed by atoms with van der Waals surface area (Å²) in [7, 11) is 1.60. The molecule has 1 N–H and O–H groups in total. The zero-order valence-electron chi connectivity index (χ0n) is 15.7. The largest absolute Gasteiger partial charge is 0.496 e. The number of nitro groups is 1. The number of nitro benzene ring substituents is 1. The number of pyridine rings is 1. The first-order chi connectivity index (χ1) is 13.4. The minimum atomic E-state index is -0.470. The third-order valence-corrected chi connectivity index (χ3v) is 4.31. The average Bonchev–Trinajstić information content (AvgIpc) is 3.18. The number of nitrogens with one attached hydrogen (secondary N) is 1. The van der Waals surface area contributed by atoms with Gasteiger partial charge in [-0.3, -0.25) is 19.9 Å². The van der Waals surface area contributed by atoms with Gasteiger partial charge in [-0.15, -0.1) is 0 Å². The third kappa shape index (κ3) is 3.83. The molecule has 28 heavy (non-hydrogen) atoms. The van der Waals surface area contributed by atoms with Crippen molar-refractivity contribution in [3.8, 4) is 11.4 Å². The van der Waals surface area contributed by atoms with Gasteiger partial charge in [0.15, 0.2) is 5.69 Å². The Labute approximate surface area is 161 Å². The molecule has 0 aliphatic heterocycles. The van der Waals surface area contributed by atoms with Gasteiger partial charge < -0.3 is 10.1 Å². The number of aryl methyl sites for hydroxylation is 1. The second-order valence-electron chi connectivity index (χ2n) is 6.15. The molecule has 0 bridgehead atoms. The number of nitrogens with zero attached hydrogens (tertiary/aromatic N) is 4. The molecular formula is C19H19N5O4. The molecule has 1 aromatic carbocycles. The van der Waals surface area contributed by atoms with Crippen LogP contribution in [0.5, 0.6) is 5.75 Å². The maximum absolute atomic E-state index is 12.4. The van der Waals surface area contributed by atoms with Gasteiger partial charge in [0.1, 0.15) is 5.75 Å². The summed E-state index contributed by atoms with van der Waals surface area (Å²) in [5, 5.41) is 17.8. The van der Waals surface area contributed by atoms with Gasteiger partial charge in [0.25, 0.3) is 11.6 Å². The Morgan fingerprint density at radius 3 is 2.61 bits per heavy atom. The van der Waals surface area contributed by atoms with E-state index in [-0.39, 0.29) is 23.8 Å². The number of amides is 1. The summed E-state index contributed by atoms with van der Waals surface area (Å²) in [6.45, 7) is 4.04. The van der Waals surface area contributed by atoms with Crippen LogP contribution in [-0.2, 0) is 6.54 Å². The van der Waals surface area contributed by atoms with Crippen molar-refractivity contribution in [1.29, 1.82) is 0 Å². The molecule has 2 aromatic heterocycles. The Morgan fingerprint density at radius 2 is 1.96 bits per heavy atom. The predicted octanol–water partition coefficient (Wildman–Crippen LogP) is 2.73. The fourth-order valence-corrected chi connectivity index (χ4v) is 2.82. The zero-order chi connectivity index (χ0) is 20.3. The lowest BCUT2D eigenvalue weighted by Crippen LogP contribution is -2.24. The number of non-ortho nitro benzene ring substituents is 1. The third-order valence-electron chi connectivity index (χ3n) is 4.31. The first kappa shape index (κ1) is 19.0. The second kappa shape index (κ2) is 7.87. The van der Waals surface area contributed by atoms with Gasteiger partial charge in [-0.2, -0.15) is 5.10 Å². The molecule has 3 rings (SSSR count). The molecule has 0 atom stereocenters. The van der Waals surface area contributed by atoms with Gasteiger partial charge in [-0.05, 0) is 32.0 Å². The number of carbonyl (C=O) groups is 1. The summed E-state index contributed by atoms with van der Waals surface area (Å²) in [6.07, 6.45) is 3.32. The molecule has 0 fully saturated rings. The monoisotopic (exact) mass is 381 g/mol. The summed E-state index contributed by atoms with van der Waals surface area (Å²) < 4.78 is 6.86. The number of rotatable bonds is 6. The summed E-state index contributed by atoms with van der Waals surface area (Å²) in [5.41, 5.74) is 3.35. The highest BCUT2D eigenvalue weighted by Gasteiger charge is 2.14. The number of methoxy groups -OCH3 is 1. The van der Waals surface area contributed by atoms with Crippen LogP contribution < -0.4 is 10.1 Å². The van der Waals surface area contributed by atoms with Gasteiger partial charge in [0, 0.05) is 35.7 Å². The van der Waals surface area contributed by atoms with E-state index < -0.39 is 4.92 Å². The molecule has 0 saturated carbocycles. The van der Waals surface area contributed by atoms with Crippen LogP contribution in [0, 0.1) is 24.0 Å². The molecule has 9 nitrogen and oxygen atoms in total. The molecule has 0 unspecified atom stereocenters. The van der Waals surface area contributed by atoms with E-state index in [1.54, 1.807) is 37.7 Å². The molecule has 0 aliphatic carbocycles. The maximum Gasteiger partial charge on any atom is 0.272 e. The summed E-state index contributed by atoms with van der Waals surface area (Å²) in [4.78, 5) is 27.0. The quantitative estimate of drug-likeness (QED) is 0.519. The molecule has 9 heteroatoms. The normalized spacial score (nSPS) is 10.5. The molecular weight excluding hydrogens is 362 g/mol. The van der Waals surface area contributed by atoms with Gasteiger partial charge >= 0.3 is 0 Å². The van der Waals surface area contributed by atoms with Crippen LogP contribution in [0.3, 0.4) is 0 Å². The molecule has 0 spiro atoms. The van der Waals surface area contributed by atoms with Crippen LogP contribution in [0.25, 0.3) is 5.69 Å². The molecule has 2 heterocycles. The predicted molar refractivity (Wildman–Crippen MR) is 102 cm³/mol. The van der Waals surface area contributed by atoms with Gasteiger partial charge in [-0.1, -0.05) is 0 Å². The van der Waals surface area contributed by atoms with Crippen molar-refractivity contribution in [3.63, 3.8) is 0 Å². The van der Waals surface area contributed by atoms with Crippen LogP contribution >= 0.6 is 0 Å². The van der Waals surface area contributed by atoms with Crippen molar-refractivity contribution in [2.24, 2.45) is 0 Å². The minimum Gasteiger partial charge on any atom is -0.496 e. The number of hydrogen-bond acceptors (Lipinski definition) is 6. The van der Waals surface area contributed by atoms with E-state index in [0.29, 0.717) is 11.4 Å². The Morgan fingerprint density at radius 1 is 1.25 bits per heavy atom. The zero-order valence-corrected chi connectivity index (χ0v) is 15.7. The molecule has 1 amide bonds. The van der Waals surface area contributed by atoms with Crippen molar-refractivity contribution in [2.75, 3.05) is 7.11 Å². The Kier molecular flexibility index (Phi) is 5.35. The van der Waals surface area contributed by atoms with E-state index in [0.717, 1.165) is 16.9 Å². The van der Waals surface area contributed by atoms with E-state index in [1.165, 1.54) is 16.8 Å². The highest BCUT2D eigenvalue weighted by atomic mass is 16.6.